The largest absolute Gasteiger partial charge is 0.355 e. The highest BCUT2D eigenvalue weighted by molar-refractivity contribution is 5.91. The molecule has 1 aromatic carbocycles. The highest BCUT2D eigenvalue weighted by Gasteiger charge is 2.50. The van der Waals surface area contributed by atoms with Gasteiger partial charge in [0.15, 0.2) is 0 Å². The quantitative estimate of drug-likeness (QED) is 0.886. The Hall–Kier alpha value is -2.10. The van der Waals surface area contributed by atoms with Crippen molar-refractivity contribution in [2.24, 2.45) is 0 Å². The minimum atomic E-state index is -0.277. The first-order valence-electron chi connectivity index (χ1n) is 9.07. The van der Waals surface area contributed by atoms with E-state index in [1.165, 1.54) is 25.0 Å². The van der Waals surface area contributed by atoms with Crippen molar-refractivity contribution in [3.8, 4) is 0 Å². The fourth-order valence-corrected chi connectivity index (χ4v) is 3.81. The molecule has 1 N–H and O–H groups in total. The molecule has 0 spiro atoms. The van der Waals surface area contributed by atoms with Crippen LogP contribution in [0.2, 0.25) is 0 Å². The molecule has 4 rings (SSSR count). The third kappa shape index (κ3) is 2.64. The number of carbonyl (C=O) groups is 1. The maximum atomic E-state index is 12.7. The van der Waals surface area contributed by atoms with E-state index < -0.39 is 0 Å². The van der Waals surface area contributed by atoms with Crippen molar-refractivity contribution in [2.75, 3.05) is 6.54 Å². The highest BCUT2D eigenvalue weighted by atomic mass is 16.2. The van der Waals surface area contributed by atoms with Crippen molar-refractivity contribution in [3.05, 3.63) is 53.6 Å². The second-order valence-electron chi connectivity index (χ2n) is 7.22. The van der Waals surface area contributed by atoms with Gasteiger partial charge in [-0.3, -0.25) is 4.79 Å². The molecular weight excluding hydrogens is 298 g/mol. The molecule has 0 atom stereocenters. The number of amides is 1. The van der Waals surface area contributed by atoms with Crippen LogP contribution in [0.15, 0.2) is 36.5 Å². The fourth-order valence-electron chi connectivity index (χ4n) is 3.81. The Morgan fingerprint density at radius 3 is 2.67 bits per heavy atom. The normalized spacial score (nSPS) is 18.9. The van der Waals surface area contributed by atoms with E-state index in [4.69, 9.17) is 0 Å². The molecule has 0 radical (unpaired) electrons. The molecule has 0 saturated heterocycles. The van der Waals surface area contributed by atoms with Crippen molar-refractivity contribution in [1.29, 1.82) is 0 Å². The number of imidazole rings is 1. The molecule has 0 aliphatic heterocycles. The molecule has 1 amide bonds. The van der Waals surface area contributed by atoms with E-state index in [1.807, 2.05) is 24.4 Å². The van der Waals surface area contributed by atoms with E-state index in [2.05, 4.69) is 33.9 Å². The van der Waals surface area contributed by atoms with Crippen molar-refractivity contribution < 1.29 is 4.79 Å². The van der Waals surface area contributed by atoms with Crippen LogP contribution in [0.5, 0.6) is 0 Å². The number of hydrogen-bond donors (Lipinski definition) is 1. The Labute approximate surface area is 143 Å². The van der Waals surface area contributed by atoms with E-state index in [0.29, 0.717) is 12.6 Å². The third-order valence-corrected chi connectivity index (χ3v) is 5.64. The number of carbonyl (C=O) groups excluding carboxylic acids is 1. The number of nitrogens with one attached hydrogen (secondary N) is 1. The fraction of sp³-hybridized carbons (Fsp3) is 0.500. The number of aromatic nitrogens is 2. The predicted molar refractivity (Wildman–Crippen MR) is 93.9 cm³/mol. The van der Waals surface area contributed by atoms with Crippen LogP contribution in [0.4, 0.5) is 0 Å². The lowest BCUT2D eigenvalue weighted by atomic mass is 9.92. The Balaban J connectivity index is 1.37. The lowest BCUT2D eigenvalue weighted by Crippen LogP contribution is -2.36. The Morgan fingerprint density at radius 2 is 2.04 bits per heavy atom. The molecular formula is C20H25N3O. The van der Waals surface area contributed by atoms with Crippen LogP contribution in [-0.2, 0) is 16.6 Å². The van der Waals surface area contributed by atoms with Crippen LogP contribution >= 0.6 is 0 Å². The van der Waals surface area contributed by atoms with Gasteiger partial charge < -0.3 is 9.88 Å². The Morgan fingerprint density at radius 1 is 1.29 bits per heavy atom. The molecule has 24 heavy (non-hydrogen) atoms. The number of rotatable bonds is 6. The smallest absolute Gasteiger partial charge is 0.230 e. The summed E-state index contributed by atoms with van der Waals surface area (Å²) in [5.74, 6) is 1.29. The molecule has 0 bridgehead atoms. The van der Waals surface area contributed by atoms with Gasteiger partial charge in [-0.25, -0.2) is 4.98 Å². The van der Waals surface area contributed by atoms with Gasteiger partial charge in [0.2, 0.25) is 5.91 Å². The van der Waals surface area contributed by atoms with Gasteiger partial charge in [-0.1, -0.05) is 30.3 Å². The van der Waals surface area contributed by atoms with Crippen molar-refractivity contribution in [2.45, 2.75) is 56.9 Å². The molecule has 2 aliphatic rings. The van der Waals surface area contributed by atoms with Gasteiger partial charge in [-0.15, -0.1) is 0 Å². The van der Waals surface area contributed by atoms with Crippen LogP contribution in [0.3, 0.4) is 0 Å². The van der Waals surface area contributed by atoms with Crippen LogP contribution in [0.1, 0.15) is 55.2 Å². The predicted octanol–water partition coefficient (Wildman–Crippen LogP) is 3.31. The molecule has 4 heteroatoms. The Kier molecular flexibility index (Phi) is 3.91. The first-order valence-corrected chi connectivity index (χ1v) is 9.07. The molecule has 2 fully saturated rings. The molecule has 1 heterocycles. The topological polar surface area (TPSA) is 46.9 Å². The standard InChI is InChI=1S/C20H25N3O/c1-15-14-22-18(23(15)17-8-5-9-17)10-13-21-19(24)20(11-12-20)16-6-3-2-4-7-16/h2-4,6-7,14,17H,5,8-13H2,1H3,(H,21,24). The van der Waals surface area contributed by atoms with E-state index in [0.717, 1.165) is 30.7 Å². The zero-order chi connectivity index (χ0) is 16.6. The molecule has 1 aromatic heterocycles. The number of nitrogens with zero attached hydrogens (tertiary/aromatic N) is 2. The summed E-state index contributed by atoms with van der Waals surface area (Å²) in [6, 6.07) is 10.8. The minimum absolute atomic E-state index is 0.173. The van der Waals surface area contributed by atoms with Gasteiger partial charge in [0.1, 0.15) is 5.82 Å². The van der Waals surface area contributed by atoms with E-state index in [-0.39, 0.29) is 11.3 Å². The summed E-state index contributed by atoms with van der Waals surface area (Å²) >= 11 is 0. The van der Waals surface area contributed by atoms with E-state index >= 15 is 0 Å². The molecule has 2 aromatic rings. The van der Waals surface area contributed by atoms with Crippen LogP contribution in [0.25, 0.3) is 0 Å². The first kappa shape index (κ1) is 15.4. The maximum absolute atomic E-state index is 12.7. The summed E-state index contributed by atoms with van der Waals surface area (Å²) in [6.45, 7) is 2.79. The summed E-state index contributed by atoms with van der Waals surface area (Å²) in [6.07, 6.45) is 8.51. The molecule has 4 nitrogen and oxygen atoms in total. The summed E-state index contributed by atoms with van der Waals surface area (Å²) in [7, 11) is 0. The van der Waals surface area contributed by atoms with Gasteiger partial charge in [-0.05, 0) is 44.6 Å². The average Bonchev–Trinajstić information content (AvgIpc) is 3.30. The molecule has 2 saturated carbocycles. The van der Waals surface area contributed by atoms with Gasteiger partial charge in [0.05, 0.1) is 5.41 Å². The second kappa shape index (κ2) is 6.08. The number of aryl methyl sites for hydroxylation is 1. The maximum Gasteiger partial charge on any atom is 0.230 e. The van der Waals surface area contributed by atoms with Gasteiger partial charge in [-0.2, -0.15) is 0 Å². The van der Waals surface area contributed by atoms with Crippen LogP contribution in [0, 0.1) is 6.92 Å². The van der Waals surface area contributed by atoms with Crippen molar-refractivity contribution in [1.82, 2.24) is 14.9 Å². The zero-order valence-corrected chi connectivity index (χ0v) is 14.3. The molecule has 0 unspecified atom stereocenters. The van der Waals surface area contributed by atoms with Crippen molar-refractivity contribution in [3.63, 3.8) is 0 Å². The second-order valence-corrected chi connectivity index (χ2v) is 7.22. The summed E-state index contributed by atoms with van der Waals surface area (Å²) in [5.41, 5.74) is 2.11. The van der Waals surface area contributed by atoms with Crippen LogP contribution in [-0.4, -0.2) is 22.0 Å². The minimum Gasteiger partial charge on any atom is -0.355 e. The Bertz CT molecular complexity index is 727. The first-order chi connectivity index (χ1) is 11.7. The average molecular weight is 323 g/mol. The lowest BCUT2D eigenvalue weighted by molar-refractivity contribution is -0.123. The summed E-state index contributed by atoms with van der Waals surface area (Å²) in [4.78, 5) is 17.2. The number of benzene rings is 1. The third-order valence-electron chi connectivity index (χ3n) is 5.64. The number of hydrogen-bond acceptors (Lipinski definition) is 2. The summed E-state index contributed by atoms with van der Waals surface area (Å²) in [5, 5.41) is 3.15. The zero-order valence-electron chi connectivity index (χ0n) is 14.3. The van der Waals surface area contributed by atoms with Gasteiger partial charge in [0, 0.05) is 30.9 Å². The molecule has 2 aliphatic carbocycles. The van der Waals surface area contributed by atoms with Crippen LogP contribution < -0.4 is 5.32 Å². The summed E-state index contributed by atoms with van der Waals surface area (Å²) < 4.78 is 2.37. The van der Waals surface area contributed by atoms with E-state index in [9.17, 15) is 4.79 Å². The SMILES string of the molecule is Cc1cnc(CCNC(=O)C2(c3ccccc3)CC2)n1C1CCC1. The monoisotopic (exact) mass is 323 g/mol. The van der Waals surface area contributed by atoms with Gasteiger partial charge >= 0.3 is 0 Å². The van der Waals surface area contributed by atoms with Gasteiger partial charge in [0.25, 0.3) is 0 Å². The van der Waals surface area contributed by atoms with E-state index in [1.54, 1.807) is 0 Å². The van der Waals surface area contributed by atoms with Crippen molar-refractivity contribution >= 4 is 5.91 Å². The highest BCUT2D eigenvalue weighted by Crippen LogP contribution is 2.48. The molecule has 126 valence electrons. The lowest BCUT2D eigenvalue weighted by Gasteiger charge is -2.29.